The Morgan fingerprint density at radius 2 is 1.75 bits per heavy atom. The van der Waals surface area contributed by atoms with Crippen LogP contribution in [-0.4, -0.2) is 30.6 Å². The molecular formula is C14H28N2. The van der Waals surface area contributed by atoms with Gasteiger partial charge in [-0.2, -0.15) is 0 Å². The molecule has 1 atom stereocenters. The van der Waals surface area contributed by atoms with E-state index in [9.17, 15) is 0 Å². The Morgan fingerprint density at radius 3 is 2.25 bits per heavy atom. The molecule has 2 N–H and O–H groups in total. The monoisotopic (exact) mass is 224 g/mol. The summed E-state index contributed by atoms with van der Waals surface area (Å²) in [6, 6.07) is 0.753. The first-order chi connectivity index (χ1) is 7.79. The van der Waals surface area contributed by atoms with Gasteiger partial charge in [-0.15, -0.1) is 0 Å². The van der Waals surface area contributed by atoms with E-state index in [-0.39, 0.29) is 0 Å². The molecule has 0 radical (unpaired) electrons. The summed E-state index contributed by atoms with van der Waals surface area (Å²) in [5, 5.41) is 0. The molecule has 1 aliphatic heterocycles. The van der Waals surface area contributed by atoms with Crippen LogP contribution in [0.2, 0.25) is 0 Å². The van der Waals surface area contributed by atoms with Gasteiger partial charge in [-0.1, -0.05) is 19.8 Å². The zero-order chi connectivity index (χ0) is 11.4. The van der Waals surface area contributed by atoms with Crippen LogP contribution in [0.25, 0.3) is 0 Å². The van der Waals surface area contributed by atoms with Gasteiger partial charge in [0.1, 0.15) is 0 Å². The number of nitrogens with two attached hydrogens (primary N) is 1. The third-order valence-corrected chi connectivity index (χ3v) is 5.01. The molecular weight excluding hydrogens is 196 g/mol. The summed E-state index contributed by atoms with van der Waals surface area (Å²) in [5.41, 5.74) is 6.46. The average Bonchev–Trinajstić information content (AvgIpc) is 2.76. The van der Waals surface area contributed by atoms with Crippen molar-refractivity contribution in [3.05, 3.63) is 0 Å². The lowest BCUT2D eigenvalue weighted by Crippen LogP contribution is -2.45. The third kappa shape index (κ3) is 2.60. The van der Waals surface area contributed by atoms with Crippen LogP contribution in [0, 0.1) is 5.41 Å². The molecule has 0 aromatic carbocycles. The summed E-state index contributed by atoms with van der Waals surface area (Å²) in [5.74, 6) is 0. The van der Waals surface area contributed by atoms with E-state index in [0.717, 1.165) is 18.0 Å². The van der Waals surface area contributed by atoms with Crippen molar-refractivity contribution in [2.75, 3.05) is 19.6 Å². The van der Waals surface area contributed by atoms with E-state index >= 15 is 0 Å². The van der Waals surface area contributed by atoms with E-state index in [1.807, 2.05) is 0 Å². The van der Waals surface area contributed by atoms with Crippen LogP contribution in [0.5, 0.6) is 0 Å². The molecule has 1 heterocycles. The highest BCUT2D eigenvalue weighted by atomic mass is 15.2. The molecule has 16 heavy (non-hydrogen) atoms. The van der Waals surface area contributed by atoms with Gasteiger partial charge >= 0.3 is 0 Å². The van der Waals surface area contributed by atoms with Crippen molar-refractivity contribution in [3.8, 4) is 0 Å². The van der Waals surface area contributed by atoms with Gasteiger partial charge in [-0.05, 0) is 63.6 Å². The lowest BCUT2D eigenvalue weighted by Gasteiger charge is -2.42. The van der Waals surface area contributed by atoms with Crippen LogP contribution >= 0.6 is 0 Å². The first-order valence-corrected chi connectivity index (χ1v) is 7.24. The second-order valence-electron chi connectivity index (χ2n) is 5.88. The molecule has 94 valence electrons. The molecule has 1 aliphatic carbocycles. The maximum atomic E-state index is 5.70. The van der Waals surface area contributed by atoms with Gasteiger partial charge in [0.15, 0.2) is 0 Å². The number of piperidine rings is 1. The SMILES string of the molecule is CCC(CCN)N1CCC2(CCCC2)CC1. The van der Waals surface area contributed by atoms with E-state index in [4.69, 9.17) is 5.73 Å². The van der Waals surface area contributed by atoms with Gasteiger partial charge in [0.05, 0.1) is 0 Å². The smallest absolute Gasteiger partial charge is 0.0105 e. The maximum Gasteiger partial charge on any atom is 0.0105 e. The van der Waals surface area contributed by atoms with E-state index < -0.39 is 0 Å². The van der Waals surface area contributed by atoms with Crippen molar-refractivity contribution in [1.82, 2.24) is 4.90 Å². The second-order valence-corrected chi connectivity index (χ2v) is 5.88. The van der Waals surface area contributed by atoms with Gasteiger partial charge < -0.3 is 10.6 Å². The number of rotatable bonds is 4. The van der Waals surface area contributed by atoms with Crippen molar-refractivity contribution < 1.29 is 0 Å². The van der Waals surface area contributed by atoms with E-state index in [0.29, 0.717) is 0 Å². The average molecular weight is 224 g/mol. The van der Waals surface area contributed by atoms with Crippen LogP contribution < -0.4 is 5.73 Å². The van der Waals surface area contributed by atoms with Crippen molar-refractivity contribution in [3.63, 3.8) is 0 Å². The minimum Gasteiger partial charge on any atom is -0.330 e. The van der Waals surface area contributed by atoms with Crippen LogP contribution in [0.1, 0.15) is 58.3 Å². The summed E-state index contributed by atoms with van der Waals surface area (Å²) >= 11 is 0. The first kappa shape index (κ1) is 12.4. The Kier molecular flexibility index (Phi) is 4.26. The topological polar surface area (TPSA) is 29.3 Å². The fourth-order valence-electron chi connectivity index (χ4n) is 3.83. The Balaban J connectivity index is 1.83. The minimum atomic E-state index is 0.753. The number of nitrogens with zero attached hydrogens (tertiary/aromatic N) is 1. The number of hydrogen-bond acceptors (Lipinski definition) is 2. The van der Waals surface area contributed by atoms with Crippen molar-refractivity contribution in [2.45, 2.75) is 64.3 Å². The molecule has 1 saturated heterocycles. The molecule has 1 spiro atoms. The number of hydrogen-bond donors (Lipinski definition) is 1. The minimum absolute atomic E-state index is 0.753. The summed E-state index contributed by atoms with van der Waals surface area (Å²) in [4.78, 5) is 2.70. The summed E-state index contributed by atoms with van der Waals surface area (Å²) < 4.78 is 0. The van der Waals surface area contributed by atoms with Crippen molar-refractivity contribution >= 4 is 0 Å². The van der Waals surface area contributed by atoms with Crippen molar-refractivity contribution in [1.29, 1.82) is 0 Å². The highest BCUT2D eigenvalue weighted by molar-refractivity contribution is 4.91. The van der Waals surface area contributed by atoms with Gasteiger partial charge in [-0.25, -0.2) is 0 Å². The van der Waals surface area contributed by atoms with E-state index in [1.165, 1.54) is 64.5 Å². The van der Waals surface area contributed by atoms with E-state index in [1.54, 1.807) is 0 Å². The normalized spacial score (nSPS) is 27.4. The van der Waals surface area contributed by atoms with Crippen LogP contribution in [0.3, 0.4) is 0 Å². The first-order valence-electron chi connectivity index (χ1n) is 7.24. The quantitative estimate of drug-likeness (QED) is 0.795. The molecule has 0 aromatic rings. The predicted octanol–water partition coefficient (Wildman–Crippen LogP) is 2.77. The fraction of sp³-hybridized carbons (Fsp3) is 1.00. The highest BCUT2D eigenvalue weighted by Crippen LogP contribution is 2.46. The Morgan fingerprint density at radius 1 is 1.12 bits per heavy atom. The molecule has 2 heteroatoms. The molecule has 2 nitrogen and oxygen atoms in total. The van der Waals surface area contributed by atoms with Gasteiger partial charge in [0.25, 0.3) is 0 Å². The zero-order valence-electron chi connectivity index (χ0n) is 10.9. The molecule has 0 aromatic heterocycles. The van der Waals surface area contributed by atoms with Gasteiger partial charge in [0, 0.05) is 6.04 Å². The summed E-state index contributed by atoms with van der Waals surface area (Å²) in [6.07, 6.45) is 11.3. The van der Waals surface area contributed by atoms with E-state index in [2.05, 4.69) is 11.8 Å². The second kappa shape index (κ2) is 5.50. The third-order valence-electron chi connectivity index (χ3n) is 5.01. The van der Waals surface area contributed by atoms with Crippen LogP contribution in [-0.2, 0) is 0 Å². The molecule has 2 rings (SSSR count). The Bertz CT molecular complexity index is 199. The molecule has 1 saturated carbocycles. The number of likely N-dealkylation sites (tertiary alicyclic amines) is 1. The molecule has 2 fully saturated rings. The standard InChI is InChI=1S/C14H28N2/c1-2-13(5-10-15)16-11-8-14(9-12-16)6-3-4-7-14/h13H,2-12,15H2,1H3. The lowest BCUT2D eigenvalue weighted by molar-refractivity contribution is 0.0718. The summed E-state index contributed by atoms with van der Waals surface area (Å²) in [7, 11) is 0. The lowest BCUT2D eigenvalue weighted by atomic mass is 9.76. The molecule has 1 unspecified atom stereocenters. The molecule has 0 bridgehead atoms. The highest BCUT2D eigenvalue weighted by Gasteiger charge is 2.37. The van der Waals surface area contributed by atoms with Crippen LogP contribution in [0.4, 0.5) is 0 Å². The zero-order valence-corrected chi connectivity index (χ0v) is 10.9. The molecule has 2 aliphatic rings. The largest absolute Gasteiger partial charge is 0.330 e. The van der Waals surface area contributed by atoms with Gasteiger partial charge in [-0.3, -0.25) is 0 Å². The predicted molar refractivity (Wildman–Crippen MR) is 69.5 cm³/mol. The fourth-order valence-corrected chi connectivity index (χ4v) is 3.83. The van der Waals surface area contributed by atoms with Crippen molar-refractivity contribution in [2.24, 2.45) is 11.1 Å². The van der Waals surface area contributed by atoms with Gasteiger partial charge in [0.2, 0.25) is 0 Å². The summed E-state index contributed by atoms with van der Waals surface area (Å²) in [6.45, 7) is 5.82. The molecule has 0 amide bonds. The van der Waals surface area contributed by atoms with Crippen LogP contribution in [0.15, 0.2) is 0 Å². The Labute approximate surface area is 101 Å². The Hall–Kier alpha value is -0.0800. The maximum absolute atomic E-state index is 5.70.